The maximum atomic E-state index is 12.9. The van der Waals surface area contributed by atoms with Gasteiger partial charge in [-0.25, -0.2) is 4.39 Å². The van der Waals surface area contributed by atoms with Crippen LogP contribution in [0.3, 0.4) is 0 Å². The molecule has 2 aromatic carbocycles. The Morgan fingerprint density at radius 1 is 0.963 bits per heavy atom. The van der Waals surface area contributed by atoms with E-state index in [2.05, 4.69) is 17.4 Å². The van der Waals surface area contributed by atoms with Gasteiger partial charge in [0.25, 0.3) is 0 Å². The normalized spacial score (nSPS) is 14.8. The Bertz CT molecular complexity index is 754. The second-order valence-electron chi connectivity index (χ2n) is 6.98. The Morgan fingerprint density at radius 2 is 1.63 bits per heavy atom. The third-order valence-corrected chi connectivity index (χ3v) is 5.04. The van der Waals surface area contributed by atoms with Gasteiger partial charge in [0.2, 0.25) is 11.8 Å². The summed E-state index contributed by atoms with van der Waals surface area (Å²) in [5, 5.41) is 3.01. The van der Waals surface area contributed by atoms with Gasteiger partial charge in [-0.3, -0.25) is 9.59 Å². The van der Waals surface area contributed by atoms with Crippen molar-refractivity contribution in [2.75, 3.05) is 19.6 Å². The van der Waals surface area contributed by atoms with E-state index in [9.17, 15) is 14.0 Å². The third-order valence-electron chi connectivity index (χ3n) is 5.04. The molecule has 0 saturated carbocycles. The first-order valence-corrected chi connectivity index (χ1v) is 9.45. The number of rotatable bonds is 6. The van der Waals surface area contributed by atoms with Crippen molar-refractivity contribution < 1.29 is 14.0 Å². The van der Waals surface area contributed by atoms with Gasteiger partial charge in [0, 0.05) is 25.6 Å². The molecule has 0 unspecified atom stereocenters. The van der Waals surface area contributed by atoms with Gasteiger partial charge < -0.3 is 10.2 Å². The summed E-state index contributed by atoms with van der Waals surface area (Å²) in [7, 11) is 0. The van der Waals surface area contributed by atoms with E-state index in [4.69, 9.17) is 0 Å². The average Bonchev–Trinajstić information content (AvgIpc) is 2.70. The Kier molecular flexibility index (Phi) is 6.58. The van der Waals surface area contributed by atoms with Crippen LogP contribution in [0, 0.1) is 11.7 Å². The molecule has 0 atom stereocenters. The highest BCUT2D eigenvalue weighted by molar-refractivity contribution is 5.81. The molecule has 5 heteroatoms. The van der Waals surface area contributed by atoms with Crippen molar-refractivity contribution >= 4 is 11.8 Å². The largest absolute Gasteiger partial charge is 0.356 e. The number of hydrogen-bond donors (Lipinski definition) is 1. The van der Waals surface area contributed by atoms with Crippen molar-refractivity contribution in [1.29, 1.82) is 0 Å². The highest BCUT2D eigenvalue weighted by Gasteiger charge is 2.27. The highest BCUT2D eigenvalue weighted by atomic mass is 19.1. The number of piperidine rings is 1. The fourth-order valence-corrected chi connectivity index (χ4v) is 3.40. The minimum Gasteiger partial charge on any atom is -0.356 e. The molecular formula is C22H25FN2O2. The van der Waals surface area contributed by atoms with Crippen LogP contribution >= 0.6 is 0 Å². The zero-order chi connectivity index (χ0) is 19.1. The minimum absolute atomic E-state index is 0.0318. The summed E-state index contributed by atoms with van der Waals surface area (Å²) >= 11 is 0. The Labute approximate surface area is 159 Å². The second kappa shape index (κ2) is 9.31. The van der Waals surface area contributed by atoms with E-state index in [-0.39, 0.29) is 30.0 Å². The van der Waals surface area contributed by atoms with Gasteiger partial charge in [0.1, 0.15) is 5.82 Å². The summed E-state index contributed by atoms with van der Waals surface area (Å²) < 4.78 is 12.9. The van der Waals surface area contributed by atoms with Gasteiger partial charge in [-0.1, -0.05) is 42.5 Å². The summed E-state index contributed by atoms with van der Waals surface area (Å²) in [6, 6.07) is 16.1. The molecule has 1 aliphatic rings. The maximum absolute atomic E-state index is 12.9. The molecule has 142 valence electrons. The molecule has 4 nitrogen and oxygen atoms in total. The molecule has 1 fully saturated rings. The van der Waals surface area contributed by atoms with Crippen molar-refractivity contribution in [1.82, 2.24) is 10.2 Å². The van der Waals surface area contributed by atoms with Crippen LogP contribution in [0.2, 0.25) is 0 Å². The summed E-state index contributed by atoms with van der Waals surface area (Å²) in [6.07, 6.45) is 2.47. The lowest BCUT2D eigenvalue weighted by Gasteiger charge is -2.31. The molecule has 0 aromatic heterocycles. The third kappa shape index (κ3) is 5.64. The minimum atomic E-state index is -0.301. The first-order valence-electron chi connectivity index (χ1n) is 9.45. The predicted molar refractivity (Wildman–Crippen MR) is 103 cm³/mol. The van der Waals surface area contributed by atoms with Crippen molar-refractivity contribution in [3.63, 3.8) is 0 Å². The summed E-state index contributed by atoms with van der Waals surface area (Å²) in [4.78, 5) is 26.5. The molecule has 0 radical (unpaired) electrons. The number of nitrogens with zero attached hydrogens (tertiary/aromatic N) is 1. The van der Waals surface area contributed by atoms with E-state index in [1.165, 1.54) is 17.7 Å². The number of nitrogens with one attached hydrogen (secondary N) is 1. The predicted octanol–water partition coefficient (Wildman–Crippen LogP) is 2.97. The van der Waals surface area contributed by atoms with Crippen molar-refractivity contribution in [3.8, 4) is 0 Å². The van der Waals surface area contributed by atoms with Gasteiger partial charge in [-0.15, -0.1) is 0 Å². The zero-order valence-corrected chi connectivity index (χ0v) is 15.4. The molecule has 2 aromatic rings. The van der Waals surface area contributed by atoms with Crippen molar-refractivity contribution in [2.24, 2.45) is 5.92 Å². The second-order valence-corrected chi connectivity index (χ2v) is 6.98. The van der Waals surface area contributed by atoms with E-state index in [0.29, 0.717) is 32.5 Å². The molecule has 1 N–H and O–H groups in total. The van der Waals surface area contributed by atoms with Gasteiger partial charge in [0.05, 0.1) is 6.42 Å². The molecule has 0 aliphatic carbocycles. The molecule has 27 heavy (non-hydrogen) atoms. The van der Waals surface area contributed by atoms with Crippen LogP contribution in [0.25, 0.3) is 0 Å². The summed E-state index contributed by atoms with van der Waals surface area (Å²) in [5.74, 6) is -0.220. The van der Waals surface area contributed by atoms with Crippen LogP contribution in [0.15, 0.2) is 54.6 Å². The van der Waals surface area contributed by atoms with Crippen LogP contribution in [0.1, 0.15) is 24.0 Å². The smallest absolute Gasteiger partial charge is 0.226 e. The van der Waals surface area contributed by atoms with Crippen LogP contribution in [-0.4, -0.2) is 36.3 Å². The molecule has 1 aliphatic heterocycles. The van der Waals surface area contributed by atoms with Crippen LogP contribution in [0.5, 0.6) is 0 Å². The van der Waals surface area contributed by atoms with E-state index < -0.39 is 0 Å². The first kappa shape index (κ1) is 19.1. The fourth-order valence-electron chi connectivity index (χ4n) is 3.40. The van der Waals surface area contributed by atoms with Gasteiger partial charge in [0.15, 0.2) is 0 Å². The van der Waals surface area contributed by atoms with E-state index in [1.807, 2.05) is 18.2 Å². The lowest BCUT2D eigenvalue weighted by atomic mass is 9.95. The number of amides is 2. The SMILES string of the molecule is O=C(NCCc1ccccc1)C1CCN(C(=O)Cc2ccc(F)cc2)CC1. The molecule has 0 spiro atoms. The zero-order valence-electron chi connectivity index (χ0n) is 15.4. The van der Waals surface area contributed by atoms with Crippen LogP contribution in [0.4, 0.5) is 4.39 Å². The Hall–Kier alpha value is -2.69. The van der Waals surface area contributed by atoms with E-state index >= 15 is 0 Å². The number of halogens is 1. The van der Waals surface area contributed by atoms with Crippen molar-refractivity contribution in [3.05, 3.63) is 71.5 Å². The highest BCUT2D eigenvalue weighted by Crippen LogP contribution is 2.18. The molecule has 1 saturated heterocycles. The number of hydrogen-bond acceptors (Lipinski definition) is 2. The lowest BCUT2D eigenvalue weighted by Crippen LogP contribution is -2.43. The maximum Gasteiger partial charge on any atom is 0.226 e. The monoisotopic (exact) mass is 368 g/mol. The number of carbonyl (C=O) groups excluding carboxylic acids is 2. The Morgan fingerprint density at radius 3 is 2.30 bits per heavy atom. The quantitative estimate of drug-likeness (QED) is 0.852. The van der Waals surface area contributed by atoms with Crippen LogP contribution in [-0.2, 0) is 22.4 Å². The van der Waals surface area contributed by atoms with Crippen molar-refractivity contribution in [2.45, 2.75) is 25.7 Å². The van der Waals surface area contributed by atoms with Gasteiger partial charge >= 0.3 is 0 Å². The van der Waals surface area contributed by atoms with Gasteiger partial charge in [-0.2, -0.15) is 0 Å². The number of likely N-dealkylation sites (tertiary alicyclic amines) is 1. The molecule has 3 rings (SSSR count). The molecule has 2 amide bonds. The average molecular weight is 368 g/mol. The number of benzene rings is 2. The first-order chi connectivity index (χ1) is 13.1. The fraction of sp³-hybridized carbons (Fsp3) is 0.364. The number of carbonyl (C=O) groups is 2. The standard InChI is InChI=1S/C22H25FN2O2/c23-20-8-6-18(7-9-20)16-21(26)25-14-11-19(12-15-25)22(27)24-13-10-17-4-2-1-3-5-17/h1-9,19H,10-16H2,(H,24,27). The summed E-state index contributed by atoms with van der Waals surface area (Å²) in [5.41, 5.74) is 2.01. The van der Waals surface area contributed by atoms with Gasteiger partial charge in [-0.05, 0) is 42.5 Å². The molecular weight excluding hydrogens is 343 g/mol. The molecule has 0 bridgehead atoms. The molecule has 1 heterocycles. The van der Waals surface area contributed by atoms with E-state index in [1.54, 1.807) is 17.0 Å². The topological polar surface area (TPSA) is 49.4 Å². The Balaban J connectivity index is 1.39. The summed E-state index contributed by atoms with van der Waals surface area (Å²) in [6.45, 7) is 1.82. The lowest BCUT2D eigenvalue weighted by molar-refractivity contribution is -0.135. The van der Waals surface area contributed by atoms with Crippen LogP contribution < -0.4 is 5.32 Å². The van der Waals surface area contributed by atoms with E-state index in [0.717, 1.165) is 12.0 Å².